The van der Waals surface area contributed by atoms with Crippen molar-refractivity contribution >= 4 is 22.1 Å². The molecule has 0 fully saturated rings. The standard InChI is InChI=1S/C16H10F5N5/c1-15(17,18)14-23-11-4-5-12(16(19,20)21)24-13(11)26(14)9-2-3-10-8(6-9)7-22-25-10/h2-7H,1H3,(H,22,25). The van der Waals surface area contributed by atoms with E-state index in [-0.39, 0.29) is 16.9 Å². The highest BCUT2D eigenvalue weighted by atomic mass is 19.4. The zero-order valence-electron chi connectivity index (χ0n) is 13.1. The second-order valence-electron chi connectivity index (χ2n) is 5.84. The van der Waals surface area contributed by atoms with E-state index in [0.29, 0.717) is 17.8 Å². The third-order valence-electron chi connectivity index (χ3n) is 3.87. The van der Waals surface area contributed by atoms with Crippen LogP contribution in [-0.4, -0.2) is 24.7 Å². The Morgan fingerprint density at radius 1 is 1.00 bits per heavy atom. The highest BCUT2D eigenvalue weighted by molar-refractivity contribution is 5.82. The molecular formula is C16H10F5N5. The molecule has 3 heterocycles. The SMILES string of the molecule is CC(F)(F)c1nc2ccc(C(F)(F)F)nc2n1-c1ccc2[nH]ncc2c1. The van der Waals surface area contributed by atoms with Crippen molar-refractivity contribution in [3.05, 3.63) is 48.0 Å². The quantitative estimate of drug-likeness (QED) is 0.534. The van der Waals surface area contributed by atoms with Crippen LogP contribution in [0.2, 0.25) is 0 Å². The van der Waals surface area contributed by atoms with E-state index in [1.807, 2.05) is 0 Å². The van der Waals surface area contributed by atoms with Gasteiger partial charge in [-0.1, -0.05) is 0 Å². The second-order valence-corrected chi connectivity index (χ2v) is 5.84. The van der Waals surface area contributed by atoms with Crippen LogP contribution in [0.1, 0.15) is 18.4 Å². The molecule has 0 spiro atoms. The van der Waals surface area contributed by atoms with Gasteiger partial charge in [0.05, 0.1) is 11.7 Å². The number of imidazole rings is 1. The summed E-state index contributed by atoms with van der Waals surface area (Å²) in [6.45, 7) is 0.631. The van der Waals surface area contributed by atoms with Crippen molar-refractivity contribution in [1.82, 2.24) is 24.7 Å². The number of pyridine rings is 1. The summed E-state index contributed by atoms with van der Waals surface area (Å²) in [7, 11) is 0. The maximum absolute atomic E-state index is 14.1. The Morgan fingerprint density at radius 3 is 2.46 bits per heavy atom. The number of aromatic nitrogens is 5. The van der Waals surface area contributed by atoms with Crippen LogP contribution in [0, 0.1) is 0 Å². The molecule has 0 bridgehead atoms. The lowest BCUT2D eigenvalue weighted by atomic mass is 10.2. The summed E-state index contributed by atoms with van der Waals surface area (Å²) in [4.78, 5) is 7.35. The maximum Gasteiger partial charge on any atom is 0.433 e. The summed E-state index contributed by atoms with van der Waals surface area (Å²) in [5.74, 6) is -4.08. The lowest BCUT2D eigenvalue weighted by Gasteiger charge is -2.14. The molecule has 0 saturated heterocycles. The van der Waals surface area contributed by atoms with Gasteiger partial charge in [-0.15, -0.1) is 0 Å². The average Bonchev–Trinajstić information content (AvgIpc) is 3.16. The number of aromatic amines is 1. The molecule has 3 aromatic heterocycles. The molecule has 0 unspecified atom stereocenters. The fourth-order valence-corrected chi connectivity index (χ4v) is 2.72. The largest absolute Gasteiger partial charge is 0.433 e. The van der Waals surface area contributed by atoms with Gasteiger partial charge in [0.25, 0.3) is 0 Å². The molecule has 0 amide bonds. The number of hydrogen-bond acceptors (Lipinski definition) is 3. The monoisotopic (exact) mass is 367 g/mol. The number of hydrogen-bond donors (Lipinski definition) is 1. The van der Waals surface area contributed by atoms with E-state index in [4.69, 9.17) is 0 Å². The molecule has 0 radical (unpaired) electrons. The van der Waals surface area contributed by atoms with Crippen molar-refractivity contribution in [2.45, 2.75) is 19.0 Å². The number of alkyl halides is 5. The third kappa shape index (κ3) is 2.57. The number of rotatable bonds is 2. The van der Waals surface area contributed by atoms with Crippen LogP contribution in [0.3, 0.4) is 0 Å². The summed E-state index contributed by atoms with van der Waals surface area (Å²) in [6, 6.07) is 6.36. The van der Waals surface area contributed by atoms with Crippen molar-refractivity contribution in [2.24, 2.45) is 0 Å². The normalized spacial score (nSPS) is 13.0. The first-order chi connectivity index (χ1) is 12.1. The van der Waals surface area contributed by atoms with Gasteiger partial charge in [0.2, 0.25) is 0 Å². The van der Waals surface area contributed by atoms with Crippen LogP contribution in [0.4, 0.5) is 22.0 Å². The molecule has 0 saturated carbocycles. The lowest BCUT2D eigenvalue weighted by Crippen LogP contribution is -2.16. The predicted molar refractivity (Wildman–Crippen MR) is 83.1 cm³/mol. The minimum atomic E-state index is -4.70. The summed E-state index contributed by atoms with van der Waals surface area (Å²) >= 11 is 0. The van der Waals surface area contributed by atoms with E-state index < -0.39 is 23.6 Å². The second kappa shape index (κ2) is 5.23. The highest BCUT2D eigenvalue weighted by Crippen LogP contribution is 2.34. The van der Waals surface area contributed by atoms with E-state index >= 15 is 0 Å². The van der Waals surface area contributed by atoms with Gasteiger partial charge in [-0.25, -0.2) is 9.97 Å². The van der Waals surface area contributed by atoms with E-state index in [9.17, 15) is 22.0 Å². The molecule has 10 heteroatoms. The summed E-state index contributed by atoms with van der Waals surface area (Å²) in [6.07, 6.45) is -3.22. The Morgan fingerprint density at radius 2 is 1.77 bits per heavy atom. The first-order valence-electron chi connectivity index (χ1n) is 7.43. The fraction of sp³-hybridized carbons (Fsp3) is 0.188. The Balaban J connectivity index is 2.06. The van der Waals surface area contributed by atoms with Crippen LogP contribution < -0.4 is 0 Å². The van der Waals surface area contributed by atoms with E-state index in [1.54, 1.807) is 6.07 Å². The molecule has 0 aliphatic carbocycles. The molecule has 0 aliphatic heterocycles. The molecule has 134 valence electrons. The number of fused-ring (bicyclic) bond motifs is 2. The fourth-order valence-electron chi connectivity index (χ4n) is 2.72. The molecule has 4 aromatic rings. The molecule has 5 nitrogen and oxygen atoms in total. The topological polar surface area (TPSA) is 59.4 Å². The van der Waals surface area contributed by atoms with Gasteiger partial charge in [-0.2, -0.15) is 27.1 Å². The molecule has 26 heavy (non-hydrogen) atoms. The van der Waals surface area contributed by atoms with Crippen molar-refractivity contribution in [3.63, 3.8) is 0 Å². The van der Waals surface area contributed by atoms with Crippen LogP contribution in [-0.2, 0) is 12.1 Å². The van der Waals surface area contributed by atoms with Crippen molar-refractivity contribution in [2.75, 3.05) is 0 Å². The molecule has 0 aliphatic rings. The number of H-pyrrole nitrogens is 1. The van der Waals surface area contributed by atoms with Crippen molar-refractivity contribution in [1.29, 1.82) is 0 Å². The molecule has 1 N–H and O–H groups in total. The number of halogens is 5. The Labute approximate surface area is 142 Å². The van der Waals surface area contributed by atoms with Gasteiger partial charge >= 0.3 is 12.1 Å². The van der Waals surface area contributed by atoms with Gasteiger partial charge in [0, 0.05) is 18.0 Å². The Hall–Kier alpha value is -3.04. The van der Waals surface area contributed by atoms with Gasteiger partial charge in [-0.05, 0) is 30.3 Å². The molecule has 0 atom stereocenters. The first kappa shape index (κ1) is 16.4. The zero-order valence-corrected chi connectivity index (χ0v) is 13.1. The van der Waals surface area contributed by atoms with E-state index in [1.165, 1.54) is 18.3 Å². The van der Waals surface area contributed by atoms with E-state index in [0.717, 1.165) is 16.7 Å². The van der Waals surface area contributed by atoms with Crippen LogP contribution in [0.25, 0.3) is 27.8 Å². The number of benzene rings is 1. The number of nitrogens with one attached hydrogen (secondary N) is 1. The smallest absolute Gasteiger partial charge is 0.278 e. The summed E-state index contributed by atoms with van der Waals surface area (Å²) in [5.41, 5.74) is -0.654. The summed E-state index contributed by atoms with van der Waals surface area (Å²) < 4.78 is 68.1. The first-order valence-corrected chi connectivity index (χ1v) is 7.43. The molecular weight excluding hydrogens is 357 g/mol. The third-order valence-corrected chi connectivity index (χ3v) is 3.87. The van der Waals surface area contributed by atoms with Crippen molar-refractivity contribution < 1.29 is 22.0 Å². The lowest BCUT2D eigenvalue weighted by molar-refractivity contribution is -0.141. The number of nitrogens with zero attached hydrogens (tertiary/aromatic N) is 4. The van der Waals surface area contributed by atoms with Crippen molar-refractivity contribution in [3.8, 4) is 5.69 Å². The van der Waals surface area contributed by atoms with Gasteiger partial charge in [0.15, 0.2) is 11.5 Å². The molecule has 1 aromatic carbocycles. The van der Waals surface area contributed by atoms with Crippen LogP contribution in [0.15, 0.2) is 36.5 Å². The summed E-state index contributed by atoms with van der Waals surface area (Å²) in [5, 5.41) is 7.17. The average molecular weight is 367 g/mol. The Kier molecular flexibility index (Phi) is 3.30. The minimum Gasteiger partial charge on any atom is -0.278 e. The van der Waals surface area contributed by atoms with Gasteiger partial charge < -0.3 is 0 Å². The predicted octanol–water partition coefficient (Wildman–Crippen LogP) is 4.43. The highest BCUT2D eigenvalue weighted by Gasteiger charge is 2.36. The van der Waals surface area contributed by atoms with Crippen LogP contribution in [0.5, 0.6) is 0 Å². The maximum atomic E-state index is 14.1. The van der Waals surface area contributed by atoms with Gasteiger partial charge in [-0.3, -0.25) is 9.67 Å². The molecule has 4 rings (SSSR count). The van der Waals surface area contributed by atoms with E-state index in [2.05, 4.69) is 20.2 Å². The Bertz CT molecular complexity index is 1120. The zero-order chi connectivity index (χ0) is 18.7. The van der Waals surface area contributed by atoms with Crippen LogP contribution >= 0.6 is 0 Å². The minimum absolute atomic E-state index is 0.0539. The van der Waals surface area contributed by atoms with Gasteiger partial charge in [0.1, 0.15) is 11.2 Å².